The molecule has 1 aromatic rings. The van der Waals surface area contributed by atoms with E-state index in [1.165, 1.54) is 6.08 Å². The fourth-order valence-corrected chi connectivity index (χ4v) is 0.806. The normalized spacial score (nSPS) is 10.5. The molecule has 0 atom stereocenters. The van der Waals surface area contributed by atoms with Crippen LogP contribution in [0.15, 0.2) is 24.4 Å². The second-order valence-electron chi connectivity index (χ2n) is 2.48. The Hall–Kier alpha value is -1.68. The molecule has 3 N–H and O–H groups in total. The van der Waals surface area contributed by atoms with E-state index >= 15 is 0 Å². The van der Waals surface area contributed by atoms with Gasteiger partial charge in [0.2, 0.25) is 5.91 Å². The van der Waals surface area contributed by atoms with E-state index < -0.39 is 5.91 Å². The van der Waals surface area contributed by atoms with Crippen LogP contribution in [-0.2, 0) is 11.4 Å². The third-order valence-electron chi connectivity index (χ3n) is 1.45. The first-order chi connectivity index (χ1) is 6.22. The third kappa shape index (κ3) is 3.04. The zero-order valence-electron chi connectivity index (χ0n) is 6.97. The maximum Gasteiger partial charge on any atom is 0.241 e. The summed E-state index contributed by atoms with van der Waals surface area (Å²) in [6.45, 7) is -0.0835. The molecule has 1 amide bonds. The van der Waals surface area contributed by atoms with Crippen molar-refractivity contribution in [3.05, 3.63) is 35.7 Å². The molecule has 0 radical (unpaired) electrons. The van der Waals surface area contributed by atoms with Crippen LogP contribution in [0.2, 0.25) is 0 Å². The molecule has 0 spiro atoms. The number of nitrogens with zero attached hydrogens (tertiary/aromatic N) is 1. The van der Waals surface area contributed by atoms with Gasteiger partial charge in [0.1, 0.15) is 0 Å². The molecule has 68 valence electrons. The fourth-order valence-electron chi connectivity index (χ4n) is 0.806. The van der Waals surface area contributed by atoms with Gasteiger partial charge in [-0.3, -0.25) is 9.78 Å². The van der Waals surface area contributed by atoms with E-state index in [2.05, 4.69) is 4.98 Å². The number of aliphatic hydroxyl groups is 1. The highest BCUT2D eigenvalue weighted by atomic mass is 16.3. The van der Waals surface area contributed by atoms with Crippen LogP contribution in [0.3, 0.4) is 0 Å². The molecule has 0 aliphatic rings. The summed E-state index contributed by atoms with van der Waals surface area (Å²) in [6, 6.07) is 3.43. The molecule has 0 aliphatic carbocycles. The number of primary amides is 1. The lowest BCUT2D eigenvalue weighted by molar-refractivity contribution is -0.113. The lowest BCUT2D eigenvalue weighted by Crippen LogP contribution is -2.05. The van der Waals surface area contributed by atoms with Crippen LogP contribution in [0.1, 0.15) is 11.3 Å². The number of hydrogen-bond acceptors (Lipinski definition) is 3. The number of amides is 1. The Balaban J connectivity index is 2.75. The number of nitrogens with two attached hydrogens (primary N) is 1. The summed E-state index contributed by atoms with van der Waals surface area (Å²) >= 11 is 0. The Bertz CT molecular complexity index is 317. The van der Waals surface area contributed by atoms with Crippen molar-refractivity contribution in [1.82, 2.24) is 4.98 Å². The Labute approximate surface area is 75.7 Å². The van der Waals surface area contributed by atoms with Crippen molar-refractivity contribution in [2.75, 3.05) is 0 Å². The highest BCUT2D eigenvalue weighted by molar-refractivity contribution is 5.90. The van der Waals surface area contributed by atoms with Crippen molar-refractivity contribution in [3.8, 4) is 0 Å². The monoisotopic (exact) mass is 178 g/mol. The van der Waals surface area contributed by atoms with Gasteiger partial charge in [-0.15, -0.1) is 0 Å². The highest BCUT2D eigenvalue weighted by Crippen LogP contribution is 2.01. The Morgan fingerprint density at radius 1 is 1.62 bits per heavy atom. The van der Waals surface area contributed by atoms with Crippen molar-refractivity contribution in [2.45, 2.75) is 6.61 Å². The predicted octanol–water partition coefficient (Wildman–Crippen LogP) is 0.0724. The SMILES string of the molecule is NC(=O)C=Cc1ccc(CO)nc1. The van der Waals surface area contributed by atoms with Crippen molar-refractivity contribution >= 4 is 12.0 Å². The average molecular weight is 178 g/mol. The quantitative estimate of drug-likeness (QED) is 0.643. The van der Waals surface area contributed by atoms with E-state index in [0.717, 1.165) is 5.56 Å². The zero-order valence-corrected chi connectivity index (χ0v) is 6.97. The van der Waals surface area contributed by atoms with E-state index in [4.69, 9.17) is 10.8 Å². The number of carbonyl (C=O) groups is 1. The molecule has 0 bridgehead atoms. The van der Waals surface area contributed by atoms with Gasteiger partial charge in [0.05, 0.1) is 12.3 Å². The van der Waals surface area contributed by atoms with Crippen LogP contribution in [0.5, 0.6) is 0 Å². The van der Waals surface area contributed by atoms with Gasteiger partial charge in [0.25, 0.3) is 0 Å². The van der Waals surface area contributed by atoms with Gasteiger partial charge in [0, 0.05) is 12.3 Å². The van der Waals surface area contributed by atoms with E-state index in [1.54, 1.807) is 24.4 Å². The van der Waals surface area contributed by atoms with Crippen LogP contribution >= 0.6 is 0 Å². The summed E-state index contributed by atoms with van der Waals surface area (Å²) < 4.78 is 0. The maximum atomic E-state index is 10.4. The van der Waals surface area contributed by atoms with Gasteiger partial charge < -0.3 is 10.8 Å². The molecular weight excluding hydrogens is 168 g/mol. The number of aliphatic hydroxyl groups excluding tert-OH is 1. The Kier molecular flexibility index (Phi) is 3.16. The largest absolute Gasteiger partial charge is 0.390 e. The number of rotatable bonds is 3. The van der Waals surface area contributed by atoms with Crippen LogP contribution in [0, 0.1) is 0 Å². The van der Waals surface area contributed by atoms with Crippen LogP contribution in [-0.4, -0.2) is 16.0 Å². The van der Waals surface area contributed by atoms with Gasteiger partial charge in [-0.25, -0.2) is 0 Å². The molecule has 4 heteroatoms. The lowest BCUT2D eigenvalue weighted by atomic mass is 10.2. The van der Waals surface area contributed by atoms with Gasteiger partial charge in [-0.1, -0.05) is 6.07 Å². The van der Waals surface area contributed by atoms with Crippen molar-refractivity contribution < 1.29 is 9.90 Å². The molecular formula is C9H10N2O2. The molecule has 1 aromatic heterocycles. The lowest BCUT2D eigenvalue weighted by Gasteiger charge is -1.95. The Morgan fingerprint density at radius 3 is 2.85 bits per heavy atom. The van der Waals surface area contributed by atoms with E-state index in [-0.39, 0.29) is 6.61 Å². The average Bonchev–Trinajstić information content (AvgIpc) is 2.15. The minimum Gasteiger partial charge on any atom is -0.390 e. The van der Waals surface area contributed by atoms with Crippen molar-refractivity contribution in [1.29, 1.82) is 0 Å². The first-order valence-corrected chi connectivity index (χ1v) is 3.75. The number of pyridine rings is 1. The third-order valence-corrected chi connectivity index (χ3v) is 1.45. The summed E-state index contributed by atoms with van der Waals surface area (Å²) in [5.74, 6) is -0.494. The highest BCUT2D eigenvalue weighted by Gasteiger charge is 1.91. The smallest absolute Gasteiger partial charge is 0.241 e. The molecule has 0 aromatic carbocycles. The molecule has 4 nitrogen and oxygen atoms in total. The fraction of sp³-hybridized carbons (Fsp3) is 0.111. The van der Waals surface area contributed by atoms with Gasteiger partial charge in [-0.2, -0.15) is 0 Å². The van der Waals surface area contributed by atoms with Gasteiger partial charge >= 0.3 is 0 Å². The zero-order chi connectivity index (χ0) is 9.68. The minimum atomic E-state index is -0.494. The van der Waals surface area contributed by atoms with Crippen LogP contribution in [0.25, 0.3) is 6.08 Å². The van der Waals surface area contributed by atoms with Crippen molar-refractivity contribution in [2.24, 2.45) is 5.73 Å². The molecule has 1 heterocycles. The summed E-state index contributed by atoms with van der Waals surface area (Å²) in [5, 5.41) is 8.69. The number of carbonyl (C=O) groups excluding carboxylic acids is 1. The number of hydrogen-bond donors (Lipinski definition) is 2. The molecule has 13 heavy (non-hydrogen) atoms. The van der Waals surface area contributed by atoms with E-state index in [0.29, 0.717) is 5.69 Å². The Morgan fingerprint density at radius 2 is 2.38 bits per heavy atom. The second kappa shape index (κ2) is 4.37. The van der Waals surface area contributed by atoms with Gasteiger partial charge in [-0.05, 0) is 17.7 Å². The molecule has 0 aliphatic heterocycles. The van der Waals surface area contributed by atoms with Crippen LogP contribution in [0.4, 0.5) is 0 Å². The predicted molar refractivity (Wildman–Crippen MR) is 48.4 cm³/mol. The van der Waals surface area contributed by atoms with Crippen LogP contribution < -0.4 is 5.73 Å². The maximum absolute atomic E-state index is 10.4. The van der Waals surface area contributed by atoms with E-state index in [1.807, 2.05) is 0 Å². The minimum absolute atomic E-state index is 0.0835. The number of aromatic nitrogens is 1. The molecule has 0 fully saturated rings. The van der Waals surface area contributed by atoms with Gasteiger partial charge in [0.15, 0.2) is 0 Å². The topological polar surface area (TPSA) is 76.2 Å². The standard InChI is InChI=1S/C9H10N2O2/c10-9(13)4-2-7-1-3-8(6-12)11-5-7/h1-5,12H,6H2,(H2,10,13). The molecule has 0 saturated carbocycles. The van der Waals surface area contributed by atoms with Crippen molar-refractivity contribution in [3.63, 3.8) is 0 Å². The second-order valence-corrected chi connectivity index (χ2v) is 2.48. The summed E-state index contributed by atoms with van der Waals surface area (Å²) in [6.07, 6.45) is 4.39. The molecule has 0 unspecified atom stereocenters. The first-order valence-electron chi connectivity index (χ1n) is 3.75. The summed E-state index contributed by atoms with van der Waals surface area (Å²) in [5.41, 5.74) is 6.28. The van der Waals surface area contributed by atoms with E-state index in [9.17, 15) is 4.79 Å². The summed E-state index contributed by atoms with van der Waals surface area (Å²) in [7, 11) is 0. The summed E-state index contributed by atoms with van der Waals surface area (Å²) in [4.78, 5) is 14.3. The first kappa shape index (κ1) is 9.41. The molecule has 1 rings (SSSR count). The molecule has 0 saturated heterocycles.